The number of ketones is 1. The Balaban J connectivity index is 1.66. The number of carbonyl (C=O) groups is 3. The van der Waals surface area contributed by atoms with Crippen molar-refractivity contribution in [3.05, 3.63) is 88.0 Å². The molecule has 0 spiro atoms. The van der Waals surface area contributed by atoms with Crippen LogP contribution >= 0.6 is 0 Å². The second-order valence-electron chi connectivity index (χ2n) is 7.46. The monoisotopic (exact) mass is 421 g/mol. The number of nitrogens with one attached hydrogen (secondary N) is 3. The summed E-state index contributed by atoms with van der Waals surface area (Å²) in [6.45, 7) is 6.84. The standard InChI is InChI=1S/C24H24FN3O3/c1-13-21(16(4)29)15(3)26-22(13)24(31)27-14(2)17-7-11-20(12-8-17)28-23(30)18-5-9-19(25)10-6-18/h5-12,14,26H,1-4H3,(H,27,31)(H,28,30). The first-order chi connectivity index (χ1) is 14.7. The lowest BCUT2D eigenvalue weighted by molar-refractivity contribution is 0.0934. The average Bonchev–Trinajstić information content (AvgIpc) is 3.03. The third kappa shape index (κ3) is 4.88. The maximum absolute atomic E-state index is 13.0. The van der Waals surface area contributed by atoms with Gasteiger partial charge in [0.25, 0.3) is 11.8 Å². The molecule has 31 heavy (non-hydrogen) atoms. The molecule has 0 radical (unpaired) electrons. The van der Waals surface area contributed by atoms with E-state index in [-0.39, 0.29) is 23.6 Å². The minimum absolute atomic E-state index is 0.0865. The van der Waals surface area contributed by atoms with Crippen molar-refractivity contribution >= 4 is 23.3 Å². The fourth-order valence-corrected chi connectivity index (χ4v) is 3.52. The van der Waals surface area contributed by atoms with Crippen molar-refractivity contribution in [1.29, 1.82) is 0 Å². The Bertz CT molecular complexity index is 1130. The zero-order valence-corrected chi connectivity index (χ0v) is 17.8. The van der Waals surface area contributed by atoms with Gasteiger partial charge in [0.1, 0.15) is 11.5 Å². The minimum atomic E-state index is -0.404. The topological polar surface area (TPSA) is 91.1 Å². The Hall–Kier alpha value is -3.74. The molecule has 0 saturated carbocycles. The number of hydrogen-bond donors (Lipinski definition) is 3. The van der Waals surface area contributed by atoms with E-state index in [9.17, 15) is 18.8 Å². The predicted octanol–water partition coefficient (Wildman–Crippen LogP) is 4.72. The SMILES string of the molecule is CC(=O)c1c(C)[nH]c(C(=O)NC(C)c2ccc(NC(=O)c3ccc(F)cc3)cc2)c1C. The van der Waals surface area contributed by atoms with Gasteiger partial charge in [-0.2, -0.15) is 0 Å². The first-order valence-electron chi connectivity index (χ1n) is 9.85. The number of halogens is 1. The molecule has 2 amide bonds. The Labute approximate surface area is 179 Å². The Kier molecular flexibility index (Phi) is 6.34. The van der Waals surface area contributed by atoms with E-state index in [2.05, 4.69) is 15.6 Å². The first-order valence-corrected chi connectivity index (χ1v) is 9.85. The molecule has 7 heteroatoms. The summed E-state index contributed by atoms with van der Waals surface area (Å²) in [5.41, 5.74) is 4.00. The summed E-state index contributed by atoms with van der Waals surface area (Å²) >= 11 is 0. The largest absolute Gasteiger partial charge is 0.354 e. The molecule has 0 bridgehead atoms. The molecule has 1 unspecified atom stereocenters. The van der Waals surface area contributed by atoms with E-state index in [1.54, 1.807) is 38.1 Å². The van der Waals surface area contributed by atoms with Gasteiger partial charge in [-0.05, 0) is 75.2 Å². The summed E-state index contributed by atoms with van der Waals surface area (Å²) in [5.74, 6) is -1.13. The van der Waals surface area contributed by atoms with Crippen molar-refractivity contribution in [3.8, 4) is 0 Å². The summed E-state index contributed by atoms with van der Waals surface area (Å²) in [5, 5.41) is 5.67. The third-order valence-electron chi connectivity index (χ3n) is 5.14. The van der Waals surface area contributed by atoms with Gasteiger partial charge in [0.05, 0.1) is 6.04 Å². The highest BCUT2D eigenvalue weighted by molar-refractivity contribution is 6.04. The quantitative estimate of drug-likeness (QED) is 0.503. The lowest BCUT2D eigenvalue weighted by atomic mass is 10.1. The van der Waals surface area contributed by atoms with Gasteiger partial charge in [-0.25, -0.2) is 4.39 Å². The molecule has 160 valence electrons. The number of aryl methyl sites for hydroxylation is 1. The molecule has 3 aromatic rings. The Morgan fingerprint density at radius 3 is 2.10 bits per heavy atom. The van der Waals surface area contributed by atoms with Crippen LogP contribution < -0.4 is 10.6 Å². The zero-order chi connectivity index (χ0) is 22.7. The molecule has 0 aliphatic rings. The van der Waals surface area contributed by atoms with E-state index in [1.165, 1.54) is 31.2 Å². The van der Waals surface area contributed by atoms with Crippen LogP contribution in [-0.2, 0) is 0 Å². The number of amides is 2. The number of aromatic amines is 1. The maximum Gasteiger partial charge on any atom is 0.268 e. The van der Waals surface area contributed by atoms with Crippen molar-refractivity contribution in [2.75, 3.05) is 5.32 Å². The molecule has 3 rings (SSSR count). The summed E-state index contributed by atoms with van der Waals surface area (Å²) < 4.78 is 13.0. The summed E-state index contributed by atoms with van der Waals surface area (Å²) in [7, 11) is 0. The molecule has 3 N–H and O–H groups in total. The van der Waals surface area contributed by atoms with Crippen molar-refractivity contribution in [1.82, 2.24) is 10.3 Å². The predicted molar refractivity (Wildman–Crippen MR) is 117 cm³/mol. The summed E-state index contributed by atoms with van der Waals surface area (Å²) in [6, 6.07) is 12.1. The van der Waals surface area contributed by atoms with Crippen LogP contribution in [0.3, 0.4) is 0 Å². The molecule has 1 atom stereocenters. The number of Topliss-reactive ketones (excluding diaryl/α,β-unsaturated/α-hetero) is 1. The molecular weight excluding hydrogens is 397 g/mol. The number of benzene rings is 2. The normalized spacial score (nSPS) is 11.6. The Morgan fingerprint density at radius 2 is 1.55 bits per heavy atom. The second-order valence-corrected chi connectivity index (χ2v) is 7.46. The molecule has 1 aromatic heterocycles. The van der Waals surface area contributed by atoms with E-state index >= 15 is 0 Å². The fraction of sp³-hybridized carbons (Fsp3) is 0.208. The van der Waals surface area contributed by atoms with E-state index < -0.39 is 5.82 Å². The van der Waals surface area contributed by atoms with Crippen LogP contribution in [0.2, 0.25) is 0 Å². The highest BCUT2D eigenvalue weighted by Crippen LogP contribution is 2.21. The van der Waals surface area contributed by atoms with Gasteiger partial charge in [0, 0.05) is 22.5 Å². The van der Waals surface area contributed by atoms with E-state index in [0.717, 1.165) is 5.56 Å². The number of rotatable bonds is 6. The van der Waals surface area contributed by atoms with Gasteiger partial charge in [-0.3, -0.25) is 14.4 Å². The fourth-order valence-electron chi connectivity index (χ4n) is 3.52. The number of anilines is 1. The van der Waals surface area contributed by atoms with Gasteiger partial charge in [0.2, 0.25) is 0 Å². The van der Waals surface area contributed by atoms with Crippen LogP contribution in [0.1, 0.15) is 67.9 Å². The second kappa shape index (κ2) is 8.95. The third-order valence-corrected chi connectivity index (χ3v) is 5.14. The van der Waals surface area contributed by atoms with E-state index in [0.29, 0.717) is 33.8 Å². The first kappa shape index (κ1) is 22.0. The zero-order valence-electron chi connectivity index (χ0n) is 17.8. The lowest BCUT2D eigenvalue weighted by Gasteiger charge is -2.15. The van der Waals surface area contributed by atoms with Crippen LogP contribution in [-0.4, -0.2) is 22.6 Å². The molecule has 1 heterocycles. The highest BCUT2D eigenvalue weighted by atomic mass is 19.1. The number of aromatic nitrogens is 1. The Morgan fingerprint density at radius 1 is 0.935 bits per heavy atom. The minimum Gasteiger partial charge on any atom is -0.354 e. The number of hydrogen-bond acceptors (Lipinski definition) is 3. The van der Waals surface area contributed by atoms with Crippen LogP contribution in [0.5, 0.6) is 0 Å². The van der Waals surface area contributed by atoms with Crippen molar-refractivity contribution < 1.29 is 18.8 Å². The maximum atomic E-state index is 13.0. The van der Waals surface area contributed by atoms with Crippen molar-refractivity contribution in [3.63, 3.8) is 0 Å². The molecule has 0 aliphatic heterocycles. The van der Waals surface area contributed by atoms with Crippen LogP contribution in [0.25, 0.3) is 0 Å². The molecule has 0 saturated heterocycles. The van der Waals surface area contributed by atoms with Gasteiger partial charge in [-0.15, -0.1) is 0 Å². The van der Waals surface area contributed by atoms with E-state index in [4.69, 9.17) is 0 Å². The van der Waals surface area contributed by atoms with Crippen molar-refractivity contribution in [2.24, 2.45) is 0 Å². The number of H-pyrrole nitrogens is 1. The van der Waals surface area contributed by atoms with Crippen molar-refractivity contribution in [2.45, 2.75) is 33.7 Å². The average molecular weight is 421 g/mol. The van der Waals surface area contributed by atoms with Crippen LogP contribution in [0.4, 0.5) is 10.1 Å². The van der Waals surface area contributed by atoms with Gasteiger partial charge >= 0.3 is 0 Å². The van der Waals surface area contributed by atoms with E-state index in [1.807, 2.05) is 6.92 Å². The van der Waals surface area contributed by atoms with Gasteiger partial charge in [-0.1, -0.05) is 12.1 Å². The molecule has 2 aromatic carbocycles. The van der Waals surface area contributed by atoms with Gasteiger partial charge in [0.15, 0.2) is 5.78 Å². The van der Waals surface area contributed by atoms with Crippen LogP contribution in [0, 0.1) is 19.7 Å². The molecule has 0 fully saturated rings. The van der Waals surface area contributed by atoms with Gasteiger partial charge < -0.3 is 15.6 Å². The molecular formula is C24H24FN3O3. The highest BCUT2D eigenvalue weighted by Gasteiger charge is 2.21. The van der Waals surface area contributed by atoms with Crippen LogP contribution in [0.15, 0.2) is 48.5 Å². The summed E-state index contributed by atoms with van der Waals surface area (Å²) in [6.07, 6.45) is 0. The molecule has 0 aliphatic carbocycles. The summed E-state index contributed by atoms with van der Waals surface area (Å²) in [4.78, 5) is 39.7. The number of carbonyl (C=O) groups excluding carboxylic acids is 3. The molecule has 6 nitrogen and oxygen atoms in total. The smallest absolute Gasteiger partial charge is 0.268 e. The lowest BCUT2D eigenvalue weighted by Crippen LogP contribution is -2.27.